The number of nitrogens with zero attached hydrogens (tertiary/aromatic N) is 1. The van der Waals surface area contributed by atoms with Crippen LogP contribution < -0.4 is 9.46 Å². The summed E-state index contributed by atoms with van der Waals surface area (Å²) < 4.78 is 34.2. The van der Waals surface area contributed by atoms with Crippen molar-refractivity contribution in [2.45, 2.75) is 31.7 Å². The number of methoxy groups -OCH3 is 1. The molecular formula is C23H28N2O3S. The van der Waals surface area contributed by atoms with E-state index in [0.717, 1.165) is 49.2 Å². The normalized spacial score (nSPS) is 18.2. The first-order valence-electron chi connectivity index (χ1n) is 10.2. The lowest BCUT2D eigenvalue weighted by Crippen LogP contribution is -2.37. The lowest BCUT2D eigenvalue weighted by molar-refractivity contribution is 0.246. The Kier molecular flexibility index (Phi) is 6.04. The summed E-state index contributed by atoms with van der Waals surface area (Å²) in [5.74, 6) is 0.806. The fraction of sp³-hybridized carbons (Fsp3) is 0.391. The monoisotopic (exact) mass is 412 g/mol. The number of nitrogens with one attached hydrogen (secondary N) is 1. The highest BCUT2D eigenvalue weighted by molar-refractivity contribution is 7.93. The smallest absolute Gasteiger partial charge is 0.236 e. The molecular weight excluding hydrogens is 384 g/mol. The third-order valence-electron chi connectivity index (χ3n) is 5.91. The van der Waals surface area contributed by atoms with Gasteiger partial charge in [0.15, 0.2) is 0 Å². The van der Waals surface area contributed by atoms with Crippen molar-refractivity contribution in [3.8, 4) is 5.75 Å². The Morgan fingerprint density at radius 2 is 1.76 bits per heavy atom. The molecule has 2 aromatic carbocycles. The fourth-order valence-electron chi connectivity index (χ4n) is 4.24. The number of aryl methyl sites for hydroxylation is 1. The third-order valence-corrected chi connectivity index (χ3v) is 7.47. The minimum absolute atomic E-state index is 0.0228. The standard InChI is InChI=1S/C23H28N2O3S/c1-28-21-11-8-19(9-12-21)23(25-14-4-5-15-25)17-24-29(26,27)22-13-10-18-6-2-3-7-20(18)16-22/h2-3,6-9,11-12,16,23-24H,4-5,10,13-15,17H2,1H3/t23-/m1/s1. The lowest BCUT2D eigenvalue weighted by atomic mass is 9.98. The Hall–Kier alpha value is -2.15. The first kappa shape index (κ1) is 20.1. The van der Waals surface area contributed by atoms with Crippen LogP contribution in [-0.4, -0.2) is 40.1 Å². The number of hydrogen-bond acceptors (Lipinski definition) is 4. The van der Waals surface area contributed by atoms with E-state index >= 15 is 0 Å². The summed E-state index contributed by atoms with van der Waals surface area (Å²) in [5, 5.41) is 0. The van der Waals surface area contributed by atoms with Crippen LogP contribution in [0, 0.1) is 0 Å². The summed E-state index contributed by atoms with van der Waals surface area (Å²) >= 11 is 0. The third kappa shape index (κ3) is 4.55. The fourth-order valence-corrected chi connectivity index (χ4v) is 5.45. The number of sulfonamides is 1. The highest BCUT2D eigenvalue weighted by Gasteiger charge is 2.27. The predicted molar refractivity (Wildman–Crippen MR) is 116 cm³/mol. The molecule has 2 aromatic rings. The van der Waals surface area contributed by atoms with Crippen molar-refractivity contribution in [2.75, 3.05) is 26.7 Å². The van der Waals surface area contributed by atoms with E-state index in [0.29, 0.717) is 17.9 Å². The molecule has 0 radical (unpaired) electrons. The van der Waals surface area contributed by atoms with Crippen molar-refractivity contribution in [2.24, 2.45) is 0 Å². The number of hydrogen-bond donors (Lipinski definition) is 1. The van der Waals surface area contributed by atoms with Crippen LogP contribution in [0.25, 0.3) is 6.08 Å². The molecule has 0 amide bonds. The van der Waals surface area contributed by atoms with Crippen LogP contribution in [0.1, 0.15) is 42.0 Å². The molecule has 0 unspecified atom stereocenters. The molecule has 5 nitrogen and oxygen atoms in total. The van der Waals surface area contributed by atoms with Crippen molar-refractivity contribution in [1.82, 2.24) is 9.62 Å². The molecule has 0 spiro atoms. The number of fused-ring (bicyclic) bond motifs is 1. The van der Waals surface area contributed by atoms with Crippen molar-refractivity contribution in [1.29, 1.82) is 0 Å². The van der Waals surface area contributed by atoms with Gasteiger partial charge in [-0.25, -0.2) is 13.1 Å². The van der Waals surface area contributed by atoms with Crippen LogP contribution in [0.5, 0.6) is 5.75 Å². The van der Waals surface area contributed by atoms with Gasteiger partial charge in [-0.2, -0.15) is 0 Å². The Bertz CT molecular complexity index is 977. The highest BCUT2D eigenvalue weighted by atomic mass is 32.2. The predicted octanol–water partition coefficient (Wildman–Crippen LogP) is 3.74. The zero-order valence-corrected chi connectivity index (χ0v) is 17.6. The Labute approximate surface area is 173 Å². The number of allylic oxidation sites excluding steroid dienone is 1. The number of benzene rings is 2. The van der Waals surface area contributed by atoms with Gasteiger partial charge in [0.05, 0.1) is 12.0 Å². The number of rotatable bonds is 7. The molecule has 4 rings (SSSR count). The van der Waals surface area contributed by atoms with E-state index in [2.05, 4.69) is 15.7 Å². The largest absolute Gasteiger partial charge is 0.497 e. The van der Waals surface area contributed by atoms with Gasteiger partial charge in [-0.05, 0) is 73.7 Å². The van der Waals surface area contributed by atoms with Crippen molar-refractivity contribution in [3.05, 3.63) is 70.1 Å². The summed E-state index contributed by atoms with van der Waals surface area (Å²) in [4.78, 5) is 2.85. The molecule has 1 N–H and O–H groups in total. The average molecular weight is 413 g/mol. The highest BCUT2D eigenvalue weighted by Crippen LogP contribution is 2.29. The van der Waals surface area contributed by atoms with Crippen LogP contribution in [0.2, 0.25) is 0 Å². The second-order valence-electron chi connectivity index (χ2n) is 7.69. The molecule has 6 heteroatoms. The van der Waals surface area contributed by atoms with Gasteiger partial charge in [-0.15, -0.1) is 0 Å². The Morgan fingerprint density at radius 3 is 2.48 bits per heavy atom. The molecule has 0 bridgehead atoms. The molecule has 1 aliphatic heterocycles. The molecule has 1 aliphatic carbocycles. The molecule has 154 valence electrons. The molecule has 0 aromatic heterocycles. The summed E-state index contributed by atoms with van der Waals surface area (Å²) in [5.41, 5.74) is 3.32. The summed E-state index contributed by atoms with van der Waals surface area (Å²) in [6.45, 7) is 2.36. The van der Waals surface area contributed by atoms with E-state index in [9.17, 15) is 8.42 Å². The van der Waals surface area contributed by atoms with Crippen LogP contribution in [0.15, 0.2) is 53.4 Å². The second kappa shape index (κ2) is 8.69. The van der Waals surface area contributed by atoms with Gasteiger partial charge in [0, 0.05) is 12.6 Å². The first-order valence-corrected chi connectivity index (χ1v) is 11.7. The van der Waals surface area contributed by atoms with Gasteiger partial charge < -0.3 is 4.74 Å². The van der Waals surface area contributed by atoms with E-state index in [1.807, 2.05) is 48.5 Å². The van der Waals surface area contributed by atoms with Gasteiger partial charge >= 0.3 is 0 Å². The molecule has 2 aliphatic rings. The zero-order valence-electron chi connectivity index (χ0n) is 16.8. The average Bonchev–Trinajstić information content (AvgIpc) is 3.28. The van der Waals surface area contributed by atoms with Gasteiger partial charge in [0.25, 0.3) is 0 Å². The van der Waals surface area contributed by atoms with Crippen molar-refractivity contribution < 1.29 is 13.2 Å². The molecule has 0 saturated carbocycles. The number of ether oxygens (including phenoxy) is 1. The maximum Gasteiger partial charge on any atom is 0.236 e. The topological polar surface area (TPSA) is 58.6 Å². The van der Waals surface area contributed by atoms with E-state index < -0.39 is 10.0 Å². The van der Waals surface area contributed by atoms with E-state index in [1.54, 1.807) is 7.11 Å². The van der Waals surface area contributed by atoms with Gasteiger partial charge in [0.2, 0.25) is 10.0 Å². The molecule has 1 heterocycles. The summed E-state index contributed by atoms with van der Waals surface area (Å²) in [6, 6.07) is 16.0. The van der Waals surface area contributed by atoms with E-state index in [4.69, 9.17) is 4.74 Å². The SMILES string of the molecule is COc1ccc([C@@H](CNS(=O)(=O)C2=Cc3ccccc3CC2)N2CCCC2)cc1. The molecule has 29 heavy (non-hydrogen) atoms. The number of likely N-dealkylation sites (tertiary alicyclic amines) is 1. The Morgan fingerprint density at radius 1 is 1.03 bits per heavy atom. The van der Waals surface area contributed by atoms with Crippen LogP contribution in [-0.2, 0) is 16.4 Å². The maximum absolute atomic E-state index is 13.0. The van der Waals surface area contributed by atoms with Crippen LogP contribution in [0.3, 0.4) is 0 Å². The molecule has 1 saturated heterocycles. The van der Waals surface area contributed by atoms with Crippen LogP contribution in [0.4, 0.5) is 0 Å². The van der Waals surface area contributed by atoms with Crippen molar-refractivity contribution >= 4 is 16.1 Å². The van der Waals surface area contributed by atoms with Gasteiger partial charge in [0.1, 0.15) is 5.75 Å². The van der Waals surface area contributed by atoms with Gasteiger partial charge in [-0.3, -0.25) is 4.90 Å². The minimum Gasteiger partial charge on any atom is -0.497 e. The quantitative estimate of drug-likeness (QED) is 0.753. The van der Waals surface area contributed by atoms with Gasteiger partial charge in [-0.1, -0.05) is 36.4 Å². The Balaban J connectivity index is 1.52. The molecule has 1 atom stereocenters. The molecule has 1 fully saturated rings. The van der Waals surface area contributed by atoms with Crippen molar-refractivity contribution in [3.63, 3.8) is 0 Å². The summed E-state index contributed by atoms with van der Waals surface area (Å²) in [6.07, 6.45) is 5.43. The second-order valence-corrected chi connectivity index (χ2v) is 9.51. The zero-order chi connectivity index (χ0) is 20.3. The summed E-state index contributed by atoms with van der Waals surface area (Å²) in [7, 11) is -1.86. The maximum atomic E-state index is 13.0. The van der Waals surface area contributed by atoms with E-state index in [1.165, 1.54) is 5.56 Å². The minimum atomic E-state index is -3.51. The van der Waals surface area contributed by atoms with E-state index in [-0.39, 0.29) is 6.04 Å². The first-order chi connectivity index (χ1) is 14.1. The lowest BCUT2D eigenvalue weighted by Gasteiger charge is -2.28. The van der Waals surface area contributed by atoms with Crippen LogP contribution >= 0.6 is 0 Å².